The first-order valence-electron chi connectivity index (χ1n) is 7.67. The third-order valence-corrected chi connectivity index (χ3v) is 3.98. The van der Waals surface area contributed by atoms with E-state index in [0.717, 1.165) is 25.3 Å². The van der Waals surface area contributed by atoms with Crippen LogP contribution >= 0.6 is 0 Å². The van der Waals surface area contributed by atoms with Crippen LogP contribution in [0.15, 0.2) is 0 Å². The van der Waals surface area contributed by atoms with Crippen LogP contribution in [0.1, 0.15) is 65.7 Å². The fraction of sp³-hybridized carbons (Fsp3) is 0.933. The van der Waals surface area contributed by atoms with Gasteiger partial charge in [-0.3, -0.25) is 4.79 Å². The minimum atomic E-state index is -0.0642. The number of carbonyl (C=O) groups is 1. The lowest BCUT2D eigenvalue weighted by Crippen LogP contribution is -2.45. The minimum Gasteiger partial charge on any atom is -0.352 e. The highest BCUT2D eigenvalue weighted by molar-refractivity contribution is 5.81. The van der Waals surface area contributed by atoms with Gasteiger partial charge < -0.3 is 10.6 Å². The van der Waals surface area contributed by atoms with Crippen LogP contribution < -0.4 is 10.6 Å². The SMILES string of the molecule is CCCC(C)NC(=O)C(C)NCCC1CCCC1. The van der Waals surface area contributed by atoms with Crippen molar-refractivity contribution in [3.63, 3.8) is 0 Å². The molecule has 2 atom stereocenters. The van der Waals surface area contributed by atoms with Crippen LogP contribution in [0.2, 0.25) is 0 Å². The molecule has 0 bridgehead atoms. The summed E-state index contributed by atoms with van der Waals surface area (Å²) in [5.41, 5.74) is 0. The third kappa shape index (κ3) is 5.85. The Bertz CT molecular complexity index is 237. The quantitative estimate of drug-likeness (QED) is 0.699. The topological polar surface area (TPSA) is 41.1 Å². The Morgan fingerprint density at radius 2 is 1.94 bits per heavy atom. The van der Waals surface area contributed by atoms with Crippen molar-refractivity contribution < 1.29 is 4.79 Å². The van der Waals surface area contributed by atoms with Crippen molar-refractivity contribution in [1.29, 1.82) is 0 Å². The highest BCUT2D eigenvalue weighted by Crippen LogP contribution is 2.26. The van der Waals surface area contributed by atoms with Crippen molar-refractivity contribution in [2.24, 2.45) is 5.92 Å². The summed E-state index contributed by atoms with van der Waals surface area (Å²) in [7, 11) is 0. The van der Waals surface area contributed by atoms with Crippen molar-refractivity contribution in [2.45, 2.75) is 77.8 Å². The molecule has 1 amide bonds. The van der Waals surface area contributed by atoms with E-state index in [-0.39, 0.29) is 11.9 Å². The molecule has 0 spiro atoms. The first kappa shape index (κ1) is 15.5. The molecule has 0 aromatic carbocycles. The fourth-order valence-electron chi connectivity index (χ4n) is 2.77. The Hall–Kier alpha value is -0.570. The number of hydrogen-bond acceptors (Lipinski definition) is 2. The van der Waals surface area contributed by atoms with Gasteiger partial charge in [0.1, 0.15) is 0 Å². The van der Waals surface area contributed by atoms with Gasteiger partial charge in [-0.25, -0.2) is 0 Å². The van der Waals surface area contributed by atoms with E-state index in [1.54, 1.807) is 0 Å². The lowest BCUT2D eigenvalue weighted by Gasteiger charge is -2.19. The molecular formula is C15H30N2O. The molecule has 18 heavy (non-hydrogen) atoms. The van der Waals surface area contributed by atoms with E-state index in [9.17, 15) is 4.79 Å². The van der Waals surface area contributed by atoms with Crippen LogP contribution in [0.5, 0.6) is 0 Å². The average Bonchev–Trinajstić information content (AvgIpc) is 2.82. The molecule has 0 radical (unpaired) electrons. The highest BCUT2D eigenvalue weighted by Gasteiger charge is 2.17. The highest BCUT2D eigenvalue weighted by atomic mass is 16.2. The zero-order valence-corrected chi connectivity index (χ0v) is 12.3. The molecule has 1 saturated carbocycles. The monoisotopic (exact) mass is 254 g/mol. The largest absolute Gasteiger partial charge is 0.352 e. The molecule has 0 aliphatic heterocycles. The molecular weight excluding hydrogens is 224 g/mol. The molecule has 0 saturated heterocycles. The van der Waals surface area contributed by atoms with Gasteiger partial charge >= 0.3 is 0 Å². The fourth-order valence-corrected chi connectivity index (χ4v) is 2.77. The lowest BCUT2D eigenvalue weighted by atomic mass is 10.0. The number of amides is 1. The Morgan fingerprint density at radius 1 is 1.28 bits per heavy atom. The van der Waals surface area contributed by atoms with E-state index in [1.807, 2.05) is 6.92 Å². The summed E-state index contributed by atoms with van der Waals surface area (Å²) < 4.78 is 0. The second kappa shape index (κ2) is 8.52. The Balaban J connectivity index is 2.10. The summed E-state index contributed by atoms with van der Waals surface area (Å²) in [5.74, 6) is 1.04. The van der Waals surface area contributed by atoms with Gasteiger partial charge in [-0.05, 0) is 39.2 Å². The Labute approximate surface area is 112 Å². The van der Waals surface area contributed by atoms with Crippen molar-refractivity contribution in [3.05, 3.63) is 0 Å². The van der Waals surface area contributed by atoms with E-state index < -0.39 is 0 Å². The smallest absolute Gasteiger partial charge is 0.237 e. The third-order valence-electron chi connectivity index (χ3n) is 3.98. The molecule has 1 rings (SSSR count). The molecule has 3 nitrogen and oxygen atoms in total. The molecule has 0 aromatic heterocycles. The molecule has 3 heteroatoms. The van der Waals surface area contributed by atoms with E-state index in [2.05, 4.69) is 24.5 Å². The van der Waals surface area contributed by atoms with Crippen molar-refractivity contribution >= 4 is 5.91 Å². The Kier molecular flexibility index (Phi) is 7.33. The number of hydrogen-bond donors (Lipinski definition) is 2. The first-order valence-corrected chi connectivity index (χ1v) is 7.67. The maximum atomic E-state index is 11.9. The van der Waals surface area contributed by atoms with Crippen molar-refractivity contribution in [3.8, 4) is 0 Å². The summed E-state index contributed by atoms with van der Waals surface area (Å²) in [4.78, 5) is 11.9. The molecule has 1 aliphatic rings. The van der Waals surface area contributed by atoms with Crippen LogP contribution in [0.4, 0.5) is 0 Å². The minimum absolute atomic E-state index is 0.0642. The maximum absolute atomic E-state index is 11.9. The van der Waals surface area contributed by atoms with Gasteiger partial charge in [-0.15, -0.1) is 0 Å². The van der Waals surface area contributed by atoms with Crippen LogP contribution in [0.3, 0.4) is 0 Å². The number of nitrogens with one attached hydrogen (secondary N) is 2. The second-order valence-electron chi connectivity index (χ2n) is 5.81. The standard InChI is InChI=1S/C15H30N2O/c1-4-7-12(2)17-15(18)13(3)16-11-10-14-8-5-6-9-14/h12-14,16H,4-11H2,1-3H3,(H,17,18). The van der Waals surface area contributed by atoms with Crippen LogP contribution in [-0.4, -0.2) is 24.5 Å². The zero-order valence-electron chi connectivity index (χ0n) is 12.3. The van der Waals surface area contributed by atoms with Gasteiger partial charge in [0.15, 0.2) is 0 Å². The van der Waals surface area contributed by atoms with Crippen molar-refractivity contribution in [2.75, 3.05) is 6.54 Å². The van der Waals surface area contributed by atoms with Crippen LogP contribution in [0, 0.1) is 5.92 Å². The van der Waals surface area contributed by atoms with Gasteiger partial charge in [0.2, 0.25) is 5.91 Å². The van der Waals surface area contributed by atoms with E-state index in [1.165, 1.54) is 32.1 Å². The normalized spacial score (nSPS) is 19.7. The number of rotatable bonds is 8. The summed E-state index contributed by atoms with van der Waals surface area (Å²) in [5, 5.41) is 6.40. The first-order chi connectivity index (χ1) is 8.63. The summed E-state index contributed by atoms with van der Waals surface area (Å²) in [6, 6.07) is 0.229. The summed E-state index contributed by atoms with van der Waals surface area (Å²) in [6.45, 7) is 7.16. The van der Waals surface area contributed by atoms with E-state index in [4.69, 9.17) is 0 Å². The molecule has 2 N–H and O–H groups in total. The average molecular weight is 254 g/mol. The summed E-state index contributed by atoms with van der Waals surface area (Å²) >= 11 is 0. The zero-order chi connectivity index (χ0) is 13.4. The maximum Gasteiger partial charge on any atom is 0.237 e. The van der Waals surface area contributed by atoms with Gasteiger partial charge in [-0.1, -0.05) is 39.0 Å². The molecule has 1 aliphatic carbocycles. The second-order valence-corrected chi connectivity index (χ2v) is 5.81. The lowest BCUT2D eigenvalue weighted by molar-refractivity contribution is -0.123. The summed E-state index contributed by atoms with van der Waals surface area (Å²) in [6.07, 6.45) is 8.96. The van der Waals surface area contributed by atoms with E-state index >= 15 is 0 Å². The molecule has 1 fully saturated rings. The number of carbonyl (C=O) groups excluding carboxylic acids is 1. The van der Waals surface area contributed by atoms with E-state index in [0.29, 0.717) is 6.04 Å². The van der Waals surface area contributed by atoms with Gasteiger partial charge in [0, 0.05) is 6.04 Å². The molecule has 0 aromatic rings. The molecule has 0 heterocycles. The van der Waals surface area contributed by atoms with Crippen molar-refractivity contribution in [1.82, 2.24) is 10.6 Å². The molecule has 106 valence electrons. The van der Waals surface area contributed by atoms with Crippen LogP contribution in [-0.2, 0) is 4.79 Å². The predicted molar refractivity (Wildman–Crippen MR) is 76.6 cm³/mol. The van der Waals surface area contributed by atoms with Gasteiger partial charge in [0.25, 0.3) is 0 Å². The van der Waals surface area contributed by atoms with Gasteiger partial charge in [-0.2, -0.15) is 0 Å². The predicted octanol–water partition coefficient (Wildman–Crippen LogP) is 2.85. The molecule has 2 unspecified atom stereocenters. The van der Waals surface area contributed by atoms with Crippen LogP contribution in [0.25, 0.3) is 0 Å². The Morgan fingerprint density at radius 3 is 2.56 bits per heavy atom. The van der Waals surface area contributed by atoms with Gasteiger partial charge in [0.05, 0.1) is 6.04 Å².